The van der Waals surface area contributed by atoms with Gasteiger partial charge < -0.3 is 10.2 Å². The van der Waals surface area contributed by atoms with Crippen molar-refractivity contribution in [3.63, 3.8) is 0 Å². The number of pyridine rings is 1. The number of hydrogen-bond acceptors (Lipinski definition) is 2. The molecule has 1 aromatic heterocycles. The molecule has 114 valence electrons. The van der Waals surface area contributed by atoms with Crippen LogP contribution >= 0.6 is 0 Å². The van der Waals surface area contributed by atoms with Gasteiger partial charge in [0.05, 0.1) is 24.3 Å². The quantitative estimate of drug-likeness (QED) is 0.898. The van der Waals surface area contributed by atoms with Gasteiger partial charge in [-0.1, -0.05) is 18.2 Å². The van der Waals surface area contributed by atoms with E-state index in [-0.39, 0.29) is 5.91 Å². The lowest BCUT2D eigenvalue weighted by Gasteiger charge is -2.15. The van der Waals surface area contributed by atoms with Crippen LogP contribution in [0.25, 0.3) is 10.9 Å². The largest absolute Gasteiger partial charge is 0.327 e. The third-order valence-corrected chi connectivity index (χ3v) is 4.90. The number of rotatable bonds is 3. The summed E-state index contributed by atoms with van der Waals surface area (Å²) in [6.45, 7) is 2.84. The monoisotopic (exact) mass is 296 g/mol. The second-order valence-electron chi connectivity index (χ2n) is 6.46. The molecule has 1 aliphatic carbocycles. The number of hydrogen-bond donors (Lipinski definition) is 2. The molecule has 1 fully saturated rings. The number of likely N-dealkylation sites (tertiary alicyclic amines) is 1. The minimum atomic E-state index is 0.141. The Labute approximate surface area is 130 Å². The van der Waals surface area contributed by atoms with E-state index < -0.39 is 0 Å². The highest BCUT2D eigenvalue weighted by atomic mass is 16.2. The first-order chi connectivity index (χ1) is 10.8. The molecule has 1 amide bonds. The minimum Gasteiger partial charge on any atom is -0.327 e. The van der Waals surface area contributed by atoms with Crippen molar-refractivity contribution in [1.82, 2.24) is 4.98 Å². The van der Waals surface area contributed by atoms with Crippen molar-refractivity contribution in [2.75, 3.05) is 25.0 Å². The van der Waals surface area contributed by atoms with Gasteiger partial charge in [-0.05, 0) is 30.9 Å². The van der Waals surface area contributed by atoms with E-state index in [0.29, 0.717) is 6.54 Å². The van der Waals surface area contributed by atoms with Gasteiger partial charge in [-0.25, -0.2) is 0 Å². The summed E-state index contributed by atoms with van der Waals surface area (Å²) >= 11 is 0. The highest BCUT2D eigenvalue weighted by Crippen LogP contribution is 2.33. The van der Waals surface area contributed by atoms with Crippen LogP contribution in [-0.4, -0.2) is 30.5 Å². The lowest BCUT2D eigenvalue weighted by molar-refractivity contribution is -0.878. The molecular weight excluding hydrogens is 274 g/mol. The van der Waals surface area contributed by atoms with Crippen LogP contribution in [0.3, 0.4) is 0 Å². The van der Waals surface area contributed by atoms with Gasteiger partial charge in [0.1, 0.15) is 0 Å². The number of aryl methyl sites for hydroxylation is 1. The zero-order valence-electron chi connectivity index (χ0n) is 12.8. The molecule has 1 aliphatic heterocycles. The molecule has 0 bridgehead atoms. The second-order valence-corrected chi connectivity index (χ2v) is 6.46. The predicted octanol–water partition coefficient (Wildman–Crippen LogP) is 1.34. The van der Waals surface area contributed by atoms with Crippen molar-refractivity contribution in [2.24, 2.45) is 0 Å². The van der Waals surface area contributed by atoms with Crippen molar-refractivity contribution < 1.29 is 9.69 Å². The number of carbonyl (C=O) groups is 1. The van der Waals surface area contributed by atoms with Crippen LogP contribution in [0.2, 0.25) is 0 Å². The van der Waals surface area contributed by atoms with Gasteiger partial charge in [0, 0.05) is 23.9 Å². The van der Waals surface area contributed by atoms with Gasteiger partial charge in [-0.15, -0.1) is 0 Å². The highest BCUT2D eigenvalue weighted by molar-refractivity contribution is 6.03. The highest BCUT2D eigenvalue weighted by Gasteiger charge is 2.23. The number of nitrogens with one attached hydrogen (secondary N) is 2. The van der Waals surface area contributed by atoms with E-state index >= 15 is 0 Å². The molecule has 0 unspecified atom stereocenters. The van der Waals surface area contributed by atoms with E-state index in [0.717, 1.165) is 48.9 Å². The molecule has 1 saturated heterocycles. The third-order valence-electron chi connectivity index (χ3n) is 4.90. The van der Waals surface area contributed by atoms with Crippen LogP contribution in [0.15, 0.2) is 24.3 Å². The Morgan fingerprint density at radius 1 is 1.14 bits per heavy atom. The number of amides is 1. The number of benzene rings is 1. The number of quaternary nitrogens is 1. The lowest BCUT2D eigenvalue weighted by atomic mass is 10.1. The first kappa shape index (κ1) is 13.7. The summed E-state index contributed by atoms with van der Waals surface area (Å²) in [5.74, 6) is 0.141. The first-order valence-corrected chi connectivity index (χ1v) is 8.35. The van der Waals surface area contributed by atoms with Gasteiger partial charge >= 0.3 is 0 Å². The van der Waals surface area contributed by atoms with E-state index in [9.17, 15) is 4.79 Å². The molecular formula is C18H22N3O+. The van der Waals surface area contributed by atoms with Crippen molar-refractivity contribution in [2.45, 2.75) is 32.1 Å². The van der Waals surface area contributed by atoms with Crippen LogP contribution in [0.1, 0.15) is 30.5 Å². The Morgan fingerprint density at radius 3 is 2.82 bits per heavy atom. The fourth-order valence-electron chi connectivity index (χ4n) is 3.82. The molecule has 0 spiro atoms. The summed E-state index contributed by atoms with van der Waals surface area (Å²) in [6.07, 6.45) is 5.69. The third kappa shape index (κ3) is 2.48. The van der Waals surface area contributed by atoms with E-state index in [4.69, 9.17) is 4.98 Å². The van der Waals surface area contributed by atoms with E-state index in [1.165, 1.54) is 29.0 Å². The van der Waals surface area contributed by atoms with E-state index in [1.807, 2.05) is 18.2 Å². The van der Waals surface area contributed by atoms with Crippen LogP contribution in [0.4, 0.5) is 5.69 Å². The molecule has 2 aliphatic rings. The predicted molar refractivity (Wildman–Crippen MR) is 87.2 cm³/mol. The normalized spacial score (nSPS) is 17.8. The number of anilines is 1. The average molecular weight is 296 g/mol. The maximum absolute atomic E-state index is 12.5. The zero-order valence-corrected chi connectivity index (χ0v) is 12.8. The summed E-state index contributed by atoms with van der Waals surface area (Å²) in [7, 11) is 0. The lowest BCUT2D eigenvalue weighted by Crippen LogP contribution is -3.11. The molecule has 0 saturated carbocycles. The van der Waals surface area contributed by atoms with Crippen molar-refractivity contribution in [3.8, 4) is 0 Å². The summed E-state index contributed by atoms with van der Waals surface area (Å²) in [6, 6.07) is 8.14. The van der Waals surface area contributed by atoms with E-state index in [1.54, 1.807) is 0 Å². The number of para-hydroxylation sites is 1. The maximum Gasteiger partial charge on any atom is 0.279 e. The fraction of sp³-hybridized carbons (Fsp3) is 0.444. The molecule has 22 heavy (non-hydrogen) atoms. The SMILES string of the molecule is O=C(C[NH+]1CCCC1)Nc1c2c(nc3ccccc13)CCC2. The van der Waals surface area contributed by atoms with Gasteiger partial charge in [0.15, 0.2) is 6.54 Å². The number of aromatic nitrogens is 1. The molecule has 0 atom stereocenters. The maximum atomic E-state index is 12.5. The molecule has 4 heteroatoms. The van der Waals surface area contributed by atoms with Crippen molar-refractivity contribution in [3.05, 3.63) is 35.5 Å². The molecule has 4 rings (SSSR count). The summed E-state index contributed by atoms with van der Waals surface area (Å²) < 4.78 is 0. The topological polar surface area (TPSA) is 46.4 Å². The minimum absolute atomic E-state index is 0.141. The molecule has 1 aromatic carbocycles. The number of nitrogens with zero attached hydrogens (tertiary/aromatic N) is 1. The number of carbonyl (C=O) groups excluding carboxylic acids is 1. The Balaban J connectivity index is 1.66. The fourth-order valence-corrected chi connectivity index (χ4v) is 3.82. The van der Waals surface area contributed by atoms with Crippen molar-refractivity contribution in [1.29, 1.82) is 0 Å². The standard InChI is InChI=1S/C18H21N3O/c22-17(12-21-10-3-4-11-21)20-18-13-6-1-2-8-15(13)19-16-9-5-7-14(16)18/h1-2,6,8H,3-5,7,9-12H2,(H,19,20,22)/p+1. The Hall–Kier alpha value is -1.94. The molecule has 4 nitrogen and oxygen atoms in total. The van der Waals surface area contributed by atoms with Gasteiger partial charge in [-0.2, -0.15) is 0 Å². The molecule has 2 N–H and O–H groups in total. The summed E-state index contributed by atoms with van der Waals surface area (Å²) in [4.78, 5) is 18.6. The number of fused-ring (bicyclic) bond motifs is 2. The van der Waals surface area contributed by atoms with Crippen LogP contribution in [0, 0.1) is 0 Å². The van der Waals surface area contributed by atoms with Crippen LogP contribution in [-0.2, 0) is 17.6 Å². The Bertz CT molecular complexity index is 720. The Morgan fingerprint density at radius 2 is 1.95 bits per heavy atom. The second kappa shape index (κ2) is 5.69. The van der Waals surface area contributed by atoms with Crippen LogP contribution in [0.5, 0.6) is 0 Å². The first-order valence-electron chi connectivity index (χ1n) is 8.35. The summed E-state index contributed by atoms with van der Waals surface area (Å²) in [5, 5.41) is 4.29. The van der Waals surface area contributed by atoms with Gasteiger partial charge in [0.2, 0.25) is 0 Å². The van der Waals surface area contributed by atoms with E-state index in [2.05, 4.69) is 11.4 Å². The van der Waals surface area contributed by atoms with Gasteiger partial charge in [0.25, 0.3) is 5.91 Å². The average Bonchev–Trinajstić information content (AvgIpc) is 3.18. The Kier molecular flexibility index (Phi) is 3.54. The summed E-state index contributed by atoms with van der Waals surface area (Å²) in [5.41, 5.74) is 4.43. The van der Waals surface area contributed by atoms with Gasteiger partial charge in [-0.3, -0.25) is 9.78 Å². The molecule has 2 heterocycles. The smallest absolute Gasteiger partial charge is 0.279 e. The molecule has 2 aromatic rings. The zero-order chi connectivity index (χ0) is 14.9. The van der Waals surface area contributed by atoms with Crippen LogP contribution < -0.4 is 10.2 Å². The molecule has 0 radical (unpaired) electrons. The van der Waals surface area contributed by atoms with Crippen molar-refractivity contribution >= 4 is 22.5 Å².